The highest BCUT2D eigenvalue weighted by atomic mass is 16.6. The van der Waals surface area contributed by atoms with Crippen molar-refractivity contribution in [3.8, 4) is 0 Å². The van der Waals surface area contributed by atoms with Crippen molar-refractivity contribution in [2.24, 2.45) is 18.7 Å². The van der Waals surface area contributed by atoms with Crippen LogP contribution in [0.15, 0.2) is 30.5 Å². The number of hydrogen-bond acceptors (Lipinski definition) is 5. The van der Waals surface area contributed by atoms with E-state index in [1.807, 2.05) is 42.1 Å². The number of amides is 2. The minimum Gasteiger partial charge on any atom is -0.480 e. The lowest BCUT2D eigenvalue weighted by Crippen LogP contribution is -2.57. The molecular formula is C22H31N3O5. The molecule has 0 saturated carbocycles. The minimum absolute atomic E-state index is 0.157. The van der Waals surface area contributed by atoms with Crippen LogP contribution in [0.25, 0.3) is 10.9 Å². The first-order valence-electron chi connectivity index (χ1n) is 9.91. The number of imide groups is 1. The summed E-state index contributed by atoms with van der Waals surface area (Å²) < 4.78 is 7.25. The predicted octanol–water partition coefficient (Wildman–Crippen LogP) is 2.92. The van der Waals surface area contributed by atoms with E-state index in [1.54, 1.807) is 34.6 Å². The summed E-state index contributed by atoms with van der Waals surface area (Å²) in [5.74, 6) is -2.59. The van der Waals surface area contributed by atoms with Gasteiger partial charge in [-0.1, -0.05) is 32.0 Å². The van der Waals surface area contributed by atoms with Crippen LogP contribution in [0.4, 0.5) is 4.79 Å². The molecule has 30 heavy (non-hydrogen) atoms. The molecule has 1 heterocycles. The van der Waals surface area contributed by atoms with Crippen molar-refractivity contribution in [2.75, 3.05) is 0 Å². The molecule has 1 aromatic carbocycles. The number of carboxylic acid groups (broad SMARTS) is 1. The van der Waals surface area contributed by atoms with Gasteiger partial charge in [-0.3, -0.25) is 4.79 Å². The highest BCUT2D eigenvalue weighted by Crippen LogP contribution is 2.23. The number of carbonyl (C=O) groups excluding carboxylic acids is 2. The molecule has 0 unspecified atom stereocenters. The van der Waals surface area contributed by atoms with Crippen LogP contribution in [-0.2, 0) is 27.8 Å². The summed E-state index contributed by atoms with van der Waals surface area (Å²) >= 11 is 0. The standard InChI is InChI=1S/C22H31N3O5/c1-13(2)18(20(27)28)25(21(29)30-22(3,4)5)19(26)16(23)11-14-12-24(6)17-10-8-7-9-15(14)17/h7-10,12-13,16,18H,11,23H2,1-6H3,(H,27,28)/t16-,18+/m1/s1. The van der Waals surface area contributed by atoms with Crippen molar-refractivity contribution in [3.05, 3.63) is 36.0 Å². The summed E-state index contributed by atoms with van der Waals surface area (Å²) in [5.41, 5.74) is 7.13. The van der Waals surface area contributed by atoms with Gasteiger partial charge in [-0.05, 0) is 44.7 Å². The molecule has 0 aliphatic heterocycles. The fourth-order valence-electron chi connectivity index (χ4n) is 3.44. The molecule has 164 valence electrons. The molecule has 0 fully saturated rings. The summed E-state index contributed by atoms with van der Waals surface area (Å²) in [7, 11) is 1.89. The normalized spacial score (nSPS) is 13.9. The summed E-state index contributed by atoms with van der Waals surface area (Å²) in [4.78, 5) is 38.5. The van der Waals surface area contributed by atoms with Gasteiger partial charge in [0.05, 0.1) is 6.04 Å². The Morgan fingerprint density at radius 1 is 1.20 bits per heavy atom. The van der Waals surface area contributed by atoms with Crippen molar-refractivity contribution in [3.63, 3.8) is 0 Å². The Hall–Kier alpha value is -2.87. The molecule has 2 atom stereocenters. The Morgan fingerprint density at radius 3 is 2.33 bits per heavy atom. The van der Waals surface area contributed by atoms with Crippen molar-refractivity contribution < 1.29 is 24.2 Å². The van der Waals surface area contributed by atoms with Gasteiger partial charge in [-0.15, -0.1) is 0 Å². The molecule has 0 aliphatic rings. The molecule has 0 aliphatic carbocycles. The first-order chi connectivity index (χ1) is 13.8. The second-order valence-electron chi connectivity index (χ2n) is 8.81. The molecule has 8 heteroatoms. The third-order valence-electron chi connectivity index (χ3n) is 4.73. The fraction of sp³-hybridized carbons (Fsp3) is 0.500. The molecule has 2 aromatic rings. The van der Waals surface area contributed by atoms with Crippen LogP contribution < -0.4 is 5.73 Å². The van der Waals surface area contributed by atoms with Crippen LogP contribution >= 0.6 is 0 Å². The van der Waals surface area contributed by atoms with E-state index in [0.717, 1.165) is 16.5 Å². The molecule has 0 saturated heterocycles. The maximum Gasteiger partial charge on any atom is 0.417 e. The molecule has 2 amide bonds. The predicted molar refractivity (Wildman–Crippen MR) is 114 cm³/mol. The largest absolute Gasteiger partial charge is 0.480 e. The van der Waals surface area contributed by atoms with Gasteiger partial charge in [-0.2, -0.15) is 0 Å². The first-order valence-corrected chi connectivity index (χ1v) is 9.91. The van der Waals surface area contributed by atoms with Gasteiger partial charge < -0.3 is 20.1 Å². The van der Waals surface area contributed by atoms with Crippen molar-refractivity contribution in [1.82, 2.24) is 9.47 Å². The maximum absolute atomic E-state index is 13.2. The highest BCUT2D eigenvalue weighted by molar-refractivity contribution is 5.99. The molecule has 3 N–H and O–H groups in total. The number of carbonyl (C=O) groups is 3. The van der Waals surface area contributed by atoms with Crippen molar-refractivity contribution in [2.45, 2.75) is 58.7 Å². The number of hydrogen-bond donors (Lipinski definition) is 2. The van der Waals surface area contributed by atoms with Gasteiger partial charge in [0.1, 0.15) is 11.6 Å². The Bertz CT molecular complexity index is 942. The quantitative estimate of drug-likeness (QED) is 0.747. The third-order valence-corrected chi connectivity index (χ3v) is 4.73. The van der Waals surface area contributed by atoms with Gasteiger partial charge in [0.2, 0.25) is 5.91 Å². The molecule has 2 rings (SSSR count). The number of nitrogens with two attached hydrogens (primary N) is 1. The zero-order valence-electron chi connectivity index (χ0n) is 18.4. The summed E-state index contributed by atoms with van der Waals surface area (Å²) in [5, 5.41) is 10.6. The molecule has 0 bridgehead atoms. The lowest BCUT2D eigenvalue weighted by Gasteiger charge is -2.33. The van der Waals surface area contributed by atoms with Crippen LogP contribution in [0.1, 0.15) is 40.2 Å². The van der Waals surface area contributed by atoms with Crippen LogP contribution in [0.3, 0.4) is 0 Å². The van der Waals surface area contributed by atoms with E-state index >= 15 is 0 Å². The number of aromatic nitrogens is 1. The zero-order chi connectivity index (χ0) is 22.8. The minimum atomic E-state index is -1.38. The second kappa shape index (κ2) is 8.87. The van der Waals surface area contributed by atoms with Crippen LogP contribution in [0.2, 0.25) is 0 Å². The number of nitrogens with zero attached hydrogens (tertiary/aromatic N) is 2. The zero-order valence-corrected chi connectivity index (χ0v) is 18.4. The lowest BCUT2D eigenvalue weighted by molar-refractivity contribution is -0.152. The first kappa shape index (κ1) is 23.4. The van der Waals surface area contributed by atoms with Gasteiger partial charge in [0.15, 0.2) is 0 Å². The molecule has 8 nitrogen and oxygen atoms in total. The number of carboxylic acids is 1. The Balaban J connectivity index is 2.38. The summed E-state index contributed by atoms with van der Waals surface area (Å²) in [6, 6.07) is 5.21. The smallest absolute Gasteiger partial charge is 0.417 e. The van der Waals surface area contributed by atoms with E-state index in [-0.39, 0.29) is 6.42 Å². The van der Waals surface area contributed by atoms with E-state index in [0.29, 0.717) is 4.90 Å². The number of aliphatic carboxylic acids is 1. The number of benzene rings is 1. The van der Waals surface area contributed by atoms with Crippen LogP contribution in [0.5, 0.6) is 0 Å². The average Bonchev–Trinajstić information content (AvgIpc) is 2.92. The number of fused-ring (bicyclic) bond motifs is 1. The lowest BCUT2D eigenvalue weighted by atomic mass is 10.00. The average molecular weight is 418 g/mol. The number of aryl methyl sites for hydroxylation is 1. The van der Waals surface area contributed by atoms with Crippen molar-refractivity contribution in [1.29, 1.82) is 0 Å². The Labute approximate surface area is 176 Å². The SMILES string of the molecule is CC(C)[C@@H](C(=O)O)N(C(=O)OC(C)(C)C)C(=O)[C@H](N)Cc1cn(C)c2ccccc12. The van der Waals surface area contributed by atoms with Gasteiger partial charge in [0, 0.05) is 24.1 Å². The van der Waals surface area contributed by atoms with Gasteiger partial charge >= 0.3 is 12.1 Å². The highest BCUT2D eigenvalue weighted by Gasteiger charge is 2.41. The van der Waals surface area contributed by atoms with Crippen LogP contribution in [0, 0.1) is 5.92 Å². The van der Waals surface area contributed by atoms with E-state index in [4.69, 9.17) is 10.5 Å². The number of rotatable bonds is 6. The Morgan fingerprint density at radius 2 is 1.80 bits per heavy atom. The Kier molecular flexibility index (Phi) is 6.92. The van der Waals surface area contributed by atoms with Gasteiger partial charge in [-0.25, -0.2) is 14.5 Å². The second-order valence-corrected chi connectivity index (χ2v) is 8.81. The number of ether oxygens (including phenoxy) is 1. The monoisotopic (exact) mass is 417 g/mol. The van der Waals surface area contributed by atoms with E-state index < -0.39 is 41.6 Å². The molecule has 0 radical (unpaired) electrons. The van der Waals surface area contributed by atoms with E-state index in [2.05, 4.69) is 0 Å². The van der Waals surface area contributed by atoms with Crippen molar-refractivity contribution >= 4 is 28.9 Å². The molecule has 0 spiro atoms. The fourth-order valence-corrected chi connectivity index (χ4v) is 3.44. The third kappa shape index (κ3) is 5.18. The molecular weight excluding hydrogens is 386 g/mol. The van der Waals surface area contributed by atoms with Gasteiger partial charge in [0.25, 0.3) is 0 Å². The summed E-state index contributed by atoms with van der Waals surface area (Å²) in [6.07, 6.45) is 1.03. The van der Waals surface area contributed by atoms with Crippen LogP contribution in [-0.4, -0.2) is 50.2 Å². The molecule has 1 aromatic heterocycles. The maximum atomic E-state index is 13.2. The number of para-hydroxylation sites is 1. The summed E-state index contributed by atoms with van der Waals surface area (Å²) in [6.45, 7) is 8.19. The van der Waals surface area contributed by atoms with E-state index in [9.17, 15) is 19.5 Å². The topological polar surface area (TPSA) is 115 Å². The van der Waals surface area contributed by atoms with E-state index in [1.165, 1.54) is 0 Å².